The van der Waals surface area contributed by atoms with Crippen LogP contribution in [-0.4, -0.2) is 17.4 Å². The van der Waals surface area contributed by atoms with Gasteiger partial charge in [-0.05, 0) is 49.8 Å². The number of hydrogen-bond acceptors (Lipinski definition) is 3. The van der Waals surface area contributed by atoms with E-state index in [1.165, 1.54) is 12.8 Å². The molecule has 0 spiro atoms. The van der Waals surface area contributed by atoms with E-state index < -0.39 is 0 Å². The summed E-state index contributed by atoms with van der Waals surface area (Å²) in [5.41, 5.74) is 1.87. The molecule has 0 N–H and O–H groups in total. The largest absolute Gasteiger partial charge is 0.258 e. The molecule has 1 aromatic carbocycles. The maximum atomic E-state index is 6.42. The first kappa shape index (κ1) is 17.1. The summed E-state index contributed by atoms with van der Waals surface area (Å²) in [6.45, 7) is 2.75. The first-order valence-electron chi connectivity index (χ1n) is 8.55. The van der Waals surface area contributed by atoms with Gasteiger partial charge in [0.05, 0.1) is 10.7 Å². The van der Waals surface area contributed by atoms with Gasteiger partial charge in [0.25, 0.3) is 0 Å². The smallest absolute Gasteiger partial charge is 0.206 e. The van der Waals surface area contributed by atoms with Crippen LogP contribution in [-0.2, 0) is 0 Å². The fraction of sp³-hybridized carbons (Fsp3) is 0.368. The summed E-state index contributed by atoms with van der Waals surface area (Å²) in [6.07, 6.45) is 9.27. The molecule has 130 valence electrons. The van der Waals surface area contributed by atoms with Gasteiger partial charge < -0.3 is 0 Å². The topological polar surface area (TPSA) is 29.6 Å². The number of nitrogens with zero attached hydrogens (tertiary/aromatic N) is 3. The molecule has 3 atom stereocenters. The number of aromatic nitrogens is 1. The number of hydrogen-bond donors (Lipinski definition) is 0. The van der Waals surface area contributed by atoms with Crippen molar-refractivity contribution in [3.8, 4) is 11.3 Å². The predicted molar refractivity (Wildman–Crippen MR) is 107 cm³/mol. The predicted octanol–water partition coefficient (Wildman–Crippen LogP) is 5.49. The Morgan fingerprint density at radius 3 is 2.84 bits per heavy atom. The molecule has 2 bridgehead atoms. The van der Waals surface area contributed by atoms with Crippen LogP contribution < -0.4 is 4.80 Å². The zero-order valence-corrected chi connectivity index (χ0v) is 16.2. The molecule has 1 aromatic heterocycles. The van der Waals surface area contributed by atoms with Crippen LogP contribution >= 0.6 is 34.5 Å². The monoisotopic (exact) mass is 391 g/mol. The van der Waals surface area contributed by atoms with Crippen molar-refractivity contribution in [1.29, 1.82) is 0 Å². The second kappa shape index (κ2) is 7.10. The van der Waals surface area contributed by atoms with Crippen LogP contribution in [0.4, 0.5) is 0 Å². The van der Waals surface area contributed by atoms with Crippen molar-refractivity contribution in [2.24, 2.45) is 27.8 Å². The second-order valence-corrected chi connectivity index (χ2v) is 8.20. The maximum Gasteiger partial charge on any atom is 0.206 e. The summed E-state index contributed by atoms with van der Waals surface area (Å²) >= 11 is 14.0. The molecule has 25 heavy (non-hydrogen) atoms. The molecule has 1 heterocycles. The van der Waals surface area contributed by atoms with Gasteiger partial charge in [0.2, 0.25) is 4.80 Å². The summed E-state index contributed by atoms with van der Waals surface area (Å²) in [6, 6.07) is 5.56. The van der Waals surface area contributed by atoms with Gasteiger partial charge in [-0.15, -0.1) is 11.3 Å². The van der Waals surface area contributed by atoms with Crippen LogP contribution in [0, 0.1) is 17.8 Å². The molecule has 4 rings (SSSR count). The Bertz CT molecular complexity index is 910. The van der Waals surface area contributed by atoms with E-state index in [-0.39, 0.29) is 0 Å². The van der Waals surface area contributed by atoms with E-state index >= 15 is 0 Å². The molecule has 0 aliphatic heterocycles. The summed E-state index contributed by atoms with van der Waals surface area (Å²) in [5.74, 6) is 1.89. The summed E-state index contributed by atoms with van der Waals surface area (Å²) < 4.78 is 1.92. The highest BCUT2D eigenvalue weighted by Gasteiger charge is 2.34. The maximum absolute atomic E-state index is 6.42. The van der Waals surface area contributed by atoms with Crippen molar-refractivity contribution in [1.82, 2.24) is 4.68 Å². The lowest BCUT2D eigenvalue weighted by molar-refractivity contribution is 0.589. The Balaban J connectivity index is 1.73. The van der Waals surface area contributed by atoms with Crippen molar-refractivity contribution >= 4 is 40.8 Å². The van der Waals surface area contributed by atoms with E-state index in [1.54, 1.807) is 17.4 Å². The summed E-state index contributed by atoms with van der Waals surface area (Å²) in [5, 5.41) is 8.12. The number of halogens is 2. The van der Waals surface area contributed by atoms with Crippen LogP contribution in [0.25, 0.3) is 11.3 Å². The molecule has 0 radical (unpaired) electrons. The van der Waals surface area contributed by atoms with Gasteiger partial charge in [-0.2, -0.15) is 5.10 Å². The molecule has 2 aliphatic carbocycles. The first-order valence-corrected chi connectivity index (χ1v) is 10.2. The molecule has 3 unspecified atom stereocenters. The van der Waals surface area contributed by atoms with Gasteiger partial charge in [-0.25, -0.2) is 4.68 Å². The molecule has 3 nitrogen and oxygen atoms in total. The second-order valence-electron chi connectivity index (χ2n) is 6.52. The summed E-state index contributed by atoms with van der Waals surface area (Å²) in [7, 11) is 0. The highest BCUT2D eigenvalue weighted by molar-refractivity contribution is 7.07. The number of allylic oxidation sites excluding steroid dienone is 2. The van der Waals surface area contributed by atoms with Crippen molar-refractivity contribution < 1.29 is 0 Å². The minimum absolute atomic E-state index is 0.519. The Kier molecular flexibility index (Phi) is 4.85. The van der Waals surface area contributed by atoms with Gasteiger partial charge in [0.1, 0.15) is 0 Å². The minimum Gasteiger partial charge on any atom is -0.258 e. The van der Waals surface area contributed by atoms with E-state index in [0.717, 1.165) is 28.5 Å². The summed E-state index contributed by atoms with van der Waals surface area (Å²) in [4.78, 5) is 5.47. The van der Waals surface area contributed by atoms with E-state index in [9.17, 15) is 0 Å². The van der Waals surface area contributed by atoms with E-state index in [0.29, 0.717) is 21.9 Å². The van der Waals surface area contributed by atoms with Crippen LogP contribution in [0.3, 0.4) is 0 Å². The average molecular weight is 392 g/mol. The number of rotatable bonds is 4. The third kappa shape index (κ3) is 3.35. The van der Waals surface area contributed by atoms with E-state index in [2.05, 4.69) is 28.7 Å². The third-order valence-corrected chi connectivity index (χ3v) is 6.29. The first-order chi connectivity index (χ1) is 12.2. The van der Waals surface area contributed by atoms with Crippen molar-refractivity contribution in [3.63, 3.8) is 0 Å². The van der Waals surface area contributed by atoms with E-state index in [1.807, 2.05) is 23.7 Å². The van der Waals surface area contributed by atoms with Crippen LogP contribution in [0.1, 0.15) is 19.8 Å². The lowest BCUT2D eigenvalue weighted by Gasteiger charge is -2.13. The quantitative estimate of drug-likeness (QED) is 0.487. The average Bonchev–Trinajstić information content (AvgIpc) is 3.29. The molecule has 2 aromatic rings. The standard InChI is InChI=1S/C19H19Cl2N3S/c1-2-22-19-24(23-10-14-8-12-3-4-13(14)7-12)18(11-25-19)16-6-5-15(20)9-17(16)21/h3-6,9-14H,2,7-8H2,1H3. The highest BCUT2D eigenvalue weighted by atomic mass is 35.5. The fourth-order valence-corrected chi connectivity index (χ4v) is 5.08. The van der Waals surface area contributed by atoms with Gasteiger partial charge in [-0.3, -0.25) is 4.99 Å². The zero-order valence-electron chi connectivity index (χ0n) is 13.9. The zero-order chi connectivity index (χ0) is 17.4. The molecule has 6 heteroatoms. The Hall–Kier alpha value is -1.36. The van der Waals surface area contributed by atoms with Gasteiger partial charge in [0.15, 0.2) is 0 Å². The number of thiazole rings is 1. The number of fused-ring (bicyclic) bond motifs is 2. The van der Waals surface area contributed by atoms with Gasteiger partial charge in [-0.1, -0.05) is 35.4 Å². The lowest BCUT2D eigenvalue weighted by atomic mass is 9.95. The molecule has 1 saturated carbocycles. The Morgan fingerprint density at radius 1 is 1.28 bits per heavy atom. The third-order valence-electron chi connectivity index (χ3n) is 4.89. The molecule has 0 saturated heterocycles. The van der Waals surface area contributed by atoms with Gasteiger partial charge in [0, 0.05) is 34.6 Å². The van der Waals surface area contributed by atoms with Crippen LogP contribution in [0.15, 0.2) is 45.8 Å². The highest BCUT2D eigenvalue weighted by Crippen LogP contribution is 2.42. The Morgan fingerprint density at radius 2 is 2.16 bits per heavy atom. The van der Waals surface area contributed by atoms with Crippen molar-refractivity contribution in [2.45, 2.75) is 19.8 Å². The van der Waals surface area contributed by atoms with E-state index in [4.69, 9.17) is 28.3 Å². The van der Waals surface area contributed by atoms with Crippen LogP contribution in [0.5, 0.6) is 0 Å². The van der Waals surface area contributed by atoms with Crippen LogP contribution in [0.2, 0.25) is 10.0 Å². The molecular formula is C19H19Cl2N3S. The normalized spacial score (nSPS) is 25.6. The lowest BCUT2D eigenvalue weighted by Crippen LogP contribution is -2.15. The molecule has 0 amide bonds. The number of benzene rings is 1. The molecule has 1 fully saturated rings. The SMILES string of the molecule is CCN=c1scc(-c2ccc(Cl)cc2Cl)n1N=CC1CC2C=CC1C2. The van der Waals surface area contributed by atoms with Crippen molar-refractivity contribution in [3.05, 3.63) is 50.6 Å². The molecule has 2 aliphatic rings. The fourth-order valence-electron chi connectivity index (χ4n) is 3.68. The minimum atomic E-state index is 0.519. The molecular weight excluding hydrogens is 373 g/mol. The van der Waals surface area contributed by atoms with Crippen molar-refractivity contribution in [2.75, 3.05) is 6.54 Å². The Labute approximate surface area is 161 Å². The van der Waals surface area contributed by atoms with Gasteiger partial charge >= 0.3 is 0 Å².